The minimum Gasteiger partial charge on any atom is -0.313 e. The minimum atomic E-state index is 0.0193. The Bertz CT molecular complexity index is 316. The Kier molecular flexibility index (Phi) is 6.92. The zero-order valence-electron chi connectivity index (χ0n) is 12.8. The van der Waals surface area contributed by atoms with Crippen molar-refractivity contribution < 1.29 is 4.79 Å². The van der Waals surface area contributed by atoms with Crippen molar-refractivity contribution in [2.75, 3.05) is 27.2 Å². The fourth-order valence-electron chi connectivity index (χ4n) is 1.40. The van der Waals surface area contributed by atoms with Crippen molar-refractivity contribution in [2.45, 2.75) is 34.1 Å². The van der Waals surface area contributed by atoms with Gasteiger partial charge in [0.15, 0.2) is 0 Å². The summed E-state index contributed by atoms with van der Waals surface area (Å²) < 4.78 is 0. The van der Waals surface area contributed by atoms with Gasteiger partial charge in [-0.3, -0.25) is 4.79 Å². The van der Waals surface area contributed by atoms with E-state index in [0.717, 1.165) is 18.7 Å². The van der Waals surface area contributed by atoms with Crippen LogP contribution in [0.2, 0.25) is 0 Å². The van der Waals surface area contributed by atoms with Crippen LogP contribution in [0.15, 0.2) is 24.4 Å². The lowest BCUT2D eigenvalue weighted by Crippen LogP contribution is -2.36. The van der Waals surface area contributed by atoms with Gasteiger partial charge < -0.3 is 9.80 Å². The number of likely N-dealkylation sites (N-methyl/N-ethyl adjacent to an activating group) is 1. The molecule has 0 radical (unpaired) electrons. The van der Waals surface area contributed by atoms with Crippen molar-refractivity contribution in [2.24, 2.45) is 5.41 Å². The Labute approximate surface area is 112 Å². The lowest BCUT2D eigenvalue weighted by Gasteiger charge is -2.31. The van der Waals surface area contributed by atoms with Crippen LogP contribution in [-0.2, 0) is 4.79 Å². The highest BCUT2D eigenvalue weighted by molar-refractivity contribution is 5.88. The molecule has 0 aromatic heterocycles. The quantitative estimate of drug-likeness (QED) is 0.650. The summed E-state index contributed by atoms with van der Waals surface area (Å²) in [6.45, 7) is 13.7. The van der Waals surface area contributed by atoms with Crippen molar-refractivity contribution in [3.63, 3.8) is 0 Å². The summed E-state index contributed by atoms with van der Waals surface area (Å²) >= 11 is 0. The van der Waals surface area contributed by atoms with Crippen LogP contribution in [-0.4, -0.2) is 42.9 Å². The summed E-state index contributed by atoms with van der Waals surface area (Å²) in [4.78, 5) is 15.9. The SMILES string of the molecule is C=C(C)N(CC(C)(C)CC)C(=O)/C=C\CN(C)C. The zero-order valence-corrected chi connectivity index (χ0v) is 12.8. The van der Waals surface area contributed by atoms with Gasteiger partial charge in [-0.05, 0) is 32.9 Å². The Balaban J connectivity index is 4.66. The van der Waals surface area contributed by atoms with Crippen LogP contribution >= 0.6 is 0 Å². The van der Waals surface area contributed by atoms with Gasteiger partial charge in [-0.2, -0.15) is 0 Å². The molecular formula is C15H28N2O. The van der Waals surface area contributed by atoms with Crippen LogP contribution in [0.4, 0.5) is 0 Å². The Morgan fingerprint density at radius 3 is 2.28 bits per heavy atom. The third-order valence-electron chi connectivity index (χ3n) is 3.00. The van der Waals surface area contributed by atoms with Gasteiger partial charge in [-0.15, -0.1) is 0 Å². The molecule has 0 aromatic carbocycles. The third-order valence-corrected chi connectivity index (χ3v) is 3.00. The van der Waals surface area contributed by atoms with E-state index in [-0.39, 0.29) is 11.3 Å². The predicted molar refractivity (Wildman–Crippen MR) is 78.3 cm³/mol. The summed E-state index contributed by atoms with van der Waals surface area (Å²) in [5, 5.41) is 0. The Hall–Kier alpha value is -1.09. The van der Waals surface area contributed by atoms with E-state index in [9.17, 15) is 4.79 Å². The number of allylic oxidation sites excluding steroid dienone is 1. The highest BCUT2D eigenvalue weighted by atomic mass is 16.2. The zero-order chi connectivity index (χ0) is 14.3. The van der Waals surface area contributed by atoms with Crippen LogP contribution in [0.25, 0.3) is 0 Å². The van der Waals surface area contributed by atoms with E-state index in [0.29, 0.717) is 6.54 Å². The van der Waals surface area contributed by atoms with Crippen LogP contribution in [0.3, 0.4) is 0 Å². The van der Waals surface area contributed by atoms with Gasteiger partial charge in [0.25, 0.3) is 0 Å². The van der Waals surface area contributed by atoms with Crippen LogP contribution in [0.1, 0.15) is 34.1 Å². The van der Waals surface area contributed by atoms with Crippen molar-refractivity contribution in [1.29, 1.82) is 0 Å². The molecule has 0 rings (SSSR count). The second kappa shape index (κ2) is 7.37. The smallest absolute Gasteiger partial charge is 0.250 e. The molecule has 1 amide bonds. The number of hydrogen-bond acceptors (Lipinski definition) is 2. The summed E-state index contributed by atoms with van der Waals surface area (Å²) in [5.41, 5.74) is 0.917. The molecule has 0 saturated heterocycles. The molecule has 3 nitrogen and oxygen atoms in total. The van der Waals surface area contributed by atoms with Crippen molar-refractivity contribution in [3.8, 4) is 0 Å². The fraction of sp³-hybridized carbons (Fsp3) is 0.667. The summed E-state index contributed by atoms with van der Waals surface area (Å²) in [7, 11) is 3.96. The lowest BCUT2D eigenvalue weighted by molar-refractivity contribution is -0.125. The Morgan fingerprint density at radius 2 is 1.89 bits per heavy atom. The molecule has 0 spiro atoms. The maximum Gasteiger partial charge on any atom is 0.250 e. The van der Waals surface area contributed by atoms with Gasteiger partial charge in [0.1, 0.15) is 0 Å². The van der Waals surface area contributed by atoms with Crippen LogP contribution < -0.4 is 0 Å². The standard InChI is InChI=1S/C15H28N2O/c1-8-15(4,5)12-17(13(2)3)14(18)10-9-11-16(6)7/h9-10H,2,8,11-12H2,1,3-7H3/b10-9-. The molecule has 0 N–H and O–H groups in total. The third kappa shape index (κ3) is 6.60. The van der Waals surface area contributed by atoms with E-state index >= 15 is 0 Å². The van der Waals surface area contributed by atoms with Gasteiger partial charge in [0, 0.05) is 24.9 Å². The van der Waals surface area contributed by atoms with Crippen molar-refractivity contribution >= 4 is 5.91 Å². The van der Waals surface area contributed by atoms with Crippen LogP contribution in [0.5, 0.6) is 0 Å². The molecule has 0 heterocycles. The normalized spacial score (nSPS) is 12.2. The maximum atomic E-state index is 12.1. The molecule has 104 valence electrons. The molecule has 0 aliphatic heterocycles. The second-order valence-electron chi connectivity index (χ2n) is 5.84. The largest absolute Gasteiger partial charge is 0.313 e. The molecule has 0 atom stereocenters. The number of rotatable bonds is 7. The summed E-state index contributed by atoms with van der Waals surface area (Å²) in [6, 6.07) is 0. The molecule has 18 heavy (non-hydrogen) atoms. The average Bonchev–Trinajstić information content (AvgIpc) is 2.25. The lowest BCUT2D eigenvalue weighted by atomic mass is 9.89. The molecule has 3 heteroatoms. The average molecular weight is 252 g/mol. The fourth-order valence-corrected chi connectivity index (χ4v) is 1.40. The maximum absolute atomic E-state index is 12.1. The molecular weight excluding hydrogens is 224 g/mol. The summed E-state index contributed by atoms with van der Waals surface area (Å²) in [6.07, 6.45) is 4.56. The van der Waals surface area contributed by atoms with E-state index in [1.807, 2.05) is 32.0 Å². The number of carbonyl (C=O) groups excluding carboxylic acids is 1. The molecule has 0 aromatic rings. The van der Waals surface area contributed by atoms with E-state index < -0.39 is 0 Å². The highest BCUT2D eigenvalue weighted by Gasteiger charge is 2.22. The number of hydrogen-bond donors (Lipinski definition) is 0. The van der Waals surface area contributed by atoms with Crippen molar-refractivity contribution in [1.82, 2.24) is 9.80 Å². The molecule has 0 aliphatic carbocycles. The first-order valence-corrected chi connectivity index (χ1v) is 6.48. The van der Waals surface area contributed by atoms with Gasteiger partial charge in [0.2, 0.25) is 5.91 Å². The van der Waals surface area contributed by atoms with E-state index in [4.69, 9.17) is 0 Å². The molecule has 0 saturated carbocycles. The van der Waals surface area contributed by atoms with Gasteiger partial charge >= 0.3 is 0 Å². The number of amides is 1. The van der Waals surface area contributed by atoms with E-state index in [1.54, 1.807) is 11.0 Å². The van der Waals surface area contributed by atoms with E-state index in [2.05, 4.69) is 27.4 Å². The van der Waals surface area contributed by atoms with Crippen molar-refractivity contribution in [3.05, 3.63) is 24.4 Å². The molecule has 0 aliphatic rings. The van der Waals surface area contributed by atoms with Gasteiger partial charge in [0.05, 0.1) is 0 Å². The molecule has 0 bridgehead atoms. The highest BCUT2D eigenvalue weighted by Crippen LogP contribution is 2.23. The Morgan fingerprint density at radius 1 is 1.33 bits per heavy atom. The second-order valence-corrected chi connectivity index (χ2v) is 5.84. The first-order valence-electron chi connectivity index (χ1n) is 6.48. The number of carbonyl (C=O) groups is 1. The van der Waals surface area contributed by atoms with Crippen LogP contribution in [0, 0.1) is 5.41 Å². The summed E-state index contributed by atoms with van der Waals surface area (Å²) in [5.74, 6) is 0.0193. The number of nitrogens with zero attached hydrogens (tertiary/aromatic N) is 2. The molecule has 0 fully saturated rings. The predicted octanol–water partition coefficient (Wildman–Crippen LogP) is 2.90. The van der Waals surface area contributed by atoms with Gasteiger partial charge in [-0.25, -0.2) is 0 Å². The van der Waals surface area contributed by atoms with Gasteiger partial charge in [-0.1, -0.05) is 33.4 Å². The minimum absolute atomic E-state index is 0.0193. The van der Waals surface area contributed by atoms with E-state index in [1.165, 1.54) is 0 Å². The topological polar surface area (TPSA) is 23.6 Å². The first-order chi connectivity index (χ1) is 8.19. The molecule has 0 unspecified atom stereocenters. The first kappa shape index (κ1) is 16.9. The monoisotopic (exact) mass is 252 g/mol.